The summed E-state index contributed by atoms with van der Waals surface area (Å²) in [4.78, 5) is 15.1. The Labute approximate surface area is 135 Å². The molecule has 0 aromatic heterocycles. The quantitative estimate of drug-likeness (QED) is 0.840. The summed E-state index contributed by atoms with van der Waals surface area (Å²) in [5, 5.41) is 10.7. The van der Waals surface area contributed by atoms with E-state index in [-0.39, 0.29) is 18.1 Å². The lowest BCUT2D eigenvalue weighted by Crippen LogP contribution is -2.46. The fraction of sp³-hybridized carbons (Fsp3) is 0.562. The predicted octanol–water partition coefficient (Wildman–Crippen LogP) is 3.58. The molecule has 0 saturated heterocycles. The highest BCUT2D eigenvalue weighted by atomic mass is 35.5. The molecule has 1 aromatic rings. The average Bonchev–Trinajstić information content (AvgIpc) is 2.49. The Hall–Kier alpha value is -0.710. The zero-order chi connectivity index (χ0) is 15.2. The third-order valence-electron chi connectivity index (χ3n) is 3.98. The molecule has 0 radical (unpaired) electrons. The van der Waals surface area contributed by atoms with E-state index < -0.39 is 0 Å². The number of carbonyl (C=O) groups is 1. The van der Waals surface area contributed by atoms with E-state index in [9.17, 15) is 9.90 Å². The number of benzene rings is 1. The summed E-state index contributed by atoms with van der Waals surface area (Å²) in [6.07, 6.45) is 4.00. The normalized spacial score (nSPS) is 22.0. The van der Waals surface area contributed by atoms with Gasteiger partial charge in [-0.05, 0) is 37.1 Å². The van der Waals surface area contributed by atoms with E-state index >= 15 is 0 Å². The van der Waals surface area contributed by atoms with Crippen molar-refractivity contribution in [1.82, 2.24) is 4.90 Å². The van der Waals surface area contributed by atoms with Gasteiger partial charge in [0.15, 0.2) is 0 Å². The fourth-order valence-corrected chi connectivity index (χ4v) is 3.66. The van der Waals surface area contributed by atoms with Gasteiger partial charge in [-0.3, -0.25) is 4.79 Å². The van der Waals surface area contributed by atoms with Crippen molar-refractivity contribution in [3.8, 4) is 0 Å². The van der Waals surface area contributed by atoms with Gasteiger partial charge in [-0.1, -0.05) is 24.4 Å². The van der Waals surface area contributed by atoms with Crippen molar-refractivity contribution in [2.45, 2.75) is 49.1 Å². The van der Waals surface area contributed by atoms with Crippen molar-refractivity contribution < 1.29 is 9.90 Å². The fourth-order valence-electron chi connectivity index (χ4n) is 2.69. The molecule has 0 aliphatic heterocycles. The number of aliphatic hydroxyl groups is 1. The average molecular weight is 328 g/mol. The van der Waals surface area contributed by atoms with Crippen molar-refractivity contribution in [2.24, 2.45) is 0 Å². The molecule has 0 bridgehead atoms. The van der Waals surface area contributed by atoms with Crippen LogP contribution in [0.2, 0.25) is 5.02 Å². The summed E-state index contributed by atoms with van der Waals surface area (Å²) in [6, 6.07) is 7.64. The van der Waals surface area contributed by atoms with Gasteiger partial charge in [-0.25, -0.2) is 0 Å². The smallest absolute Gasteiger partial charge is 0.223 e. The van der Waals surface area contributed by atoms with Crippen molar-refractivity contribution in [2.75, 3.05) is 12.8 Å². The van der Waals surface area contributed by atoms with Crippen molar-refractivity contribution in [3.63, 3.8) is 0 Å². The Morgan fingerprint density at radius 1 is 1.33 bits per heavy atom. The van der Waals surface area contributed by atoms with Gasteiger partial charge >= 0.3 is 0 Å². The maximum atomic E-state index is 12.2. The first-order valence-electron chi connectivity index (χ1n) is 7.40. The topological polar surface area (TPSA) is 40.5 Å². The third-order valence-corrected chi connectivity index (χ3v) is 5.25. The van der Waals surface area contributed by atoms with Gasteiger partial charge in [-0.15, -0.1) is 11.8 Å². The summed E-state index contributed by atoms with van der Waals surface area (Å²) in [5.74, 6) is 0.857. The molecule has 0 heterocycles. The van der Waals surface area contributed by atoms with Gasteiger partial charge in [0, 0.05) is 29.1 Å². The van der Waals surface area contributed by atoms with Gasteiger partial charge < -0.3 is 10.0 Å². The van der Waals surface area contributed by atoms with E-state index in [4.69, 9.17) is 11.6 Å². The second-order valence-corrected chi connectivity index (χ2v) is 7.08. The van der Waals surface area contributed by atoms with E-state index in [2.05, 4.69) is 0 Å². The van der Waals surface area contributed by atoms with Gasteiger partial charge in [0.05, 0.1) is 12.1 Å². The lowest BCUT2D eigenvalue weighted by atomic mass is 9.91. The van der Waals surface area contributed by atoms with Crippen LogP contribution in [0.15, 0.2) is 29.2 Å². The molecule has 116 valence electrons. The molecule has 1 amide bonds. The van der Waals surface area contributed by atoms with Crippen molar-refractivity contribution in [3.05, 3.63) is 29.3 Å². The minimum atomic E-state index is -0.364. The van der Waals surface area contributed by atoms with Crippen LogP contribution in [0.5, 0.6) is 0 Å². The standard InChI is InChI=1S/C16H22ClNO2S/c1-18(14-4-2-3-5-15(14)19)16(20)10-11-21-13-8-6-12(17)7-9-13/h6-9,14-15,19H,2-5,10-11H2,1H3. The van der Waals surface area contributed by atoms with Crippen molar-refractivity contribution in [1.29, 1.82) is 0 Å². The summed E-state index contributed by atoms with van der Waals surface area (Å²) < 4.78 is 0. The lowest BCUT2D eigenvalue weighted by molar-refractivity contribution is -0.134. The molecule has 21 heavy (non-hydrogen) atoms. The van der Waals surface area contributed by atoms with Gasteiger partial charge in [0.25, 0.3) is 0 Å². The van der Waals surface area contributed by atoms with Crippen LogP contribution in [0.1, 0.15) is 32.1 Å². The molecule has 1 fully saturated rings. The Morgan fingerprint density at radius 2 is 2.00 bits per heavy atom. The minimum absolute atomic E-state index is 0.00761. The molecule has 2 atom stereocenters. The van der Waals surface area contributed by atoms with Crippen LogP contribution in [-0.4, -0.2) is 40.9 Å². The molecule has 1 aliphatic rings. The maximum absolute atomic E-state index is 12.2. The summed E-state index contributed by atoms with van der Waals surface area (Å²) in [7, 11) is 1.81. The molecular formula is C16H22ClNO2S. The number of likely N-dealkylation sites (N-methyl/N-ethyl adjacent to an activating group) is 1. The molecule has 3 nitrogen and oxygen atoms in total. The molecule has 1 aromatic carbocycles. The SMILES string of the molecule is CN(C(=O)CCSc1ccc(Cl)cc1)C1CCCCC1O. The number of halogens is 1. The molecule has 1 aliphatic carbocycles. The van der Waals surface area contributed by atoms with Crippen LogP contribution in [-0.2, 0) is 4.79 Å². The lowest BCUT2D eigenvalue weighted by Gasteiger charge is -2.35. The van der Waals surface area contributed by atoms with E-state index in [1.165, 1.54) is 0 Å². The number of nitrogens with zero attached hydrogens (tertiary/aromatic N) is 1. The Morgan fingerprint density at radius 3 is 2.67 bits per heavy atom. The van der Waals surface area contributed by atoms with Gasteiger partial charge in [0.1, 0.15) is 0 Å². The van der Waals surface area contributed by atoms with Crippen LogP contribution in [0.25, 0.3) is 0 Å². The summed E-state index contributed by atoms with van der Waals surface area (Å²) in [6.45, 7) is 0. The van der Waals surface area contributed by atoms with E-state index in [1.807, 2.05) is 31.3 Å². The van der Waals surface area contributed by atoms with Crippen molar-refractivity contribution >= 4 is 29.3 Å². The third kappa shape index (κ3) is 4.90. The zero-order valence-corrected chi connectivity index (χ0v) is 13.9. The number of aliphatic hydroxyl groups excluding tert-OH is 1. The highest BCUT2D eigenvalue weighted by Gasteiger charge is 2.28. The van der Waals surface area contributed by atoms with E-state index in [0.29, 0.717) is 6.42 Å². The zero-order valence-electron chi connectivity index (χ0n) is 12.3. The first kappa shape index (κ1) is 16.7. The highest BCUT2D eigenvalue weighted by Crippen LogP contribution is 2.24. The van der Waals surface area contributed by atoms with Gasteiger partial charge in [0.2, 0.25) is 5.91 Å². The Kier molecular flexibility index (Phi) is 6.40. The number of hydrogen-bond donors (Lipinski definition) is 1. The maximum Gasteiger partial charge on any atom is 0.223 e. The molecule has 1 saturated carbocycles. The van der Waals surface area contributed by atoms with Crippen LogP contribution in [0.4, 0.5) is 0 Å². The van der Waals surface area contributed by atoms with Gasteiger partial charge in [-0.2, -0.15) is 0 Å². The minimum Gasteiger partial charge on any atom is -0.391 e. The van der Waals surface area contributed by atoms with E-state index in [1.54, 1.807) is 16.7 Å². The Balaban J connectivity index is 1.77. The second-order valence-electron chi connectivity index (χ2n) is 5.48. The number of amides is 1. The highest BCUT2D eigenvalue weighted by molar-refractivity contribution is 7.99. The molecule has 2 unspecified atom stereocenters. The van der Waals surface area contributed by atoms with Crippen LogP contribution >= 0.6 is 23.4 Å². The number of hydrogen-bond acceptors (Lipinski definition) is 3. The van der Waals surface area contributed by atoms with E-state index in [0.717, 1.165) is 41.4 Å². The summed E-state index contributed by atoms with van der Waals surface area (Å²) in [5.41, 5.74) is 0. The summed E-state index contributed by atoms with van der Waals surface area (Å²) >= 11 is 7.50. The second kappa shape index (κ2) is 8.06. The molecule has 5 heteroatoms. The Bertz CT molecular complexity index is 466. The largest absolute Gasteiger partial charge is 0.391 e. The predicted molar refractivity (Wildman–Crippen MR) is 87.8 cm³/mol. The van der Waals surface area contributed by atoms with Crippen LogP contribution in [0.3, 0.4) is 0 Å². The van der Waals surface area contributed by atoms with Crippen LogP contribution in [0, 0.1) is 0 Å². The number of rotatable bonds is 5. The first-order chi connectivity index (χ1) is 10.1. The molecule has 0 spiro atoms. The molecule has 1 N–H and O–H groups in total. The molecular weight excluding hydrogens is 306 g/mol. The number of carbonyl (C=O) groups excluding carboxylic acids is 1. The first-order valence-corrected chi connectivity index (χ1v) is 8.76. The molecule has 2 rings (SSSR count). The number of thioether (sulfide) groups is 1. The van der Waals surface area contributed by atoms with Crippen LogP contribution < -0.4 is 0 Å². The monoisotopic (exact) mass is 327 g/mol.